The summed E-state index contributed by atoms with van der Waals surface area (Å²) in [6, 6.07) is 0.521. The van der Waals surface area contributed by atoms with Crippen molar-refractivity contribution in [1.29, 1.82) is 0 Å². The van der Waals surface area contributed by atoms with Crippen molar-refractivity contribution in [1.82, 2.24) is 0 Å². The fourth-order valence-corrected chi connectivity index (χ4v) is 0.971. The lowest BCUT2D eigenvalue weighted by Crippen LogP contribution is -2.28. The van der Waals surface area contributed by atoms with E-state index in [1.54, 1.807) is 0 Å². The van der Waals surface area contributed by atoms with E-state index >= 15 is 0 Å². The van der Waals surface area contributed by atoms with Crippen molar-refractivity contribution in [2.75, 3.05) is 0 Å². The molecule has 0 heterocycles. The summed E-state index contributed by atoms with van der Waals surface area (Å²) in [6.07, 6.45) is -4.62. The predicted molar refractivity (Wildman–Crippen MR) is 42.8 cm³/mol. The average Bonchev–Trinajstić information content (AvgIpc) is 2.01. The smallest absolute Gasteiger partial charge is 0.407 e. The van der Waals surface area contributed by atoms with Crippen molar-refractivity contribution >= 4 is 0 Å². The number of benzene rings is 1. The number of rotatable bonds is 1. The van der Waals surface area contributed by atoms with Crippen LogP contribution in [0.4, 0.5) is 13.2 Å². The van der Waals surface area contributed by atoms with E-state index in [-0.39, 0.29) is 5.75 Å². The van der Waals surface area contributed by atoms with Crippen molar-refractivity contribution in [3.8, 4) is 11.5 Å². The molecular formula is C8H8F3NO2. The summed E-state index contributed by atoms with van der Waals surface area (Å²) < 4.78 is 36.4. The van der Waals surface area contributed by atoms with Gasteiger partial charge in [0.2, 0.25) is 0 Å². The first kappa shape index (κ1) is 10.6. The first-order valence-electron chi connectivity index (χ1n) is 3.66. The van der Waals surface area contributed by atoms with E-state index in [0.29, 0.717) is 0 Å². The van der Waals surface area contributed by atoms with Gasteiger partial charge in [0.15, 0.2) is 0 Å². The molecular weight excluding hydrogens is 199 g/mol. The molecule has 0 aromatic heterocycles. The molecule has 0 fully saturated rings. The zero-order chi connectivity index (χ0) is 10.9. The number of hydrogen-bond donors (Lipinski definition) is 3. The predicted octanol–water partition coefficient (Wildman–Crippen LogP) is 1.66. The van der Waals surface area contributed by atoms with E-state index in [1.165, 1.54) is 0 Å². The van der Waals surface area contributed by atoms with Crippen molar-refractivity contribution in [3.05, 3.63) is 23.8 Å². The van der Waals surface area contributed by atoms with Crippen LogP contribution in [0.5, 0.6) is 11.5 Å². The number of phenols is 2. The van der Waals surface area contributed by atoms with Gasteiger partial charge in [-0.05, 0) is 12.1 Å². The van der Waals surface area contributed by atoms with Gasteiger partial charge in [-0.2, -0.15) is 13.2 Å². The maximum atomic E-state index is 12.1. The van der Waals surface area contributed by atoms with Crippen LogP contribution in [0.25, 0.3) is 0 Å². The minimum Gasteiger partial charge on any atom is -0.508 e. The number of hydrogen-bond acceptors (Lipinski definition) is 3. The monoisotopic (exact) mass is 207 g/mol. The van der Waals surface area contributed by atoms with Gasteiger partial charge in [-0.1, -0.05) is 0 Å². The van der Waals surface area contributed by atoms with Crippen molar-refractivity contribution in [3.63, 3.8) is 0 Å². The highest BCUT2D eigenvalue weighted by molar-refractivity contribution is 5.41. The van der Waals surface area contributed by atoms with Crippen LogP contribution in [0.3, 0.4) is 0 Å². The van der Waals surface area contributed by atoms with Crippen LogP contribution in [-0.4, -0.2) is 16.4 Å². The van der Waals surface area contributed by atoms with Gasteiger partial charge >= 0.3 is 6.18 Å². The van der Waals surface area contributed by atoms with Gasteiger partial charge in [0, 0.05) is 11.6 Å². The quantitative estimate of drug-likeness (QED) is 0.656. The largest absolute Gasteiger partial charge is 0.508 e. The minimum atomic E-state index is -4.62. The Kier molecular flexibility index (Phi) is 2.57. The molecule has 0 aliphatic rings. The number of aromatic hydroxyl groups is 2. The third-order valence-corrected chi connectivity index (χ3v) is 1.70. The Morgan fingerprint density at radius 1 is 1.21 bits per heavy atom. The van der Waals surface area contributed by atoms with Gasteiger partial charge in [-0.3, -0.25) is 0 Å². The molecule has 1 aromatic carbocycles. The third kappa shape index (κ3) is 2.08. The van der Waals surface area contributed by atoms with Crippen LogP contribution < -0.4 is 5.73 Å². The molecule has 1 aromatic rings. The Bertz CT molecular complexity index is 338. The summed E-state index contributed by atoms with van der Waals surface area (Å²) >= 11 is 0. The maximum Gasteiger partial charge on any atom is 0.407 e. The molecule has 1 atom stereocenters. The van der Waals surface area contributed by atoms with Gasteiger partial charge in [-0.15, -0.1) is 0 Å². The van der Waals surface area contributed by atoms with E-state index in [4.69, 9.17) is 15.9 Å². The second-order valence-corrected chi connectivity index (χ2v) is 2.76. The molecule has 1 rings (SSSR count). The molecule has 0 bridgehead atoms. The number of alkyl halides is 3. The second-order valence-electron chi connectivity index (χ2n) is 2.76. The van der Waals surface area contributed by atoms with Crippen LogP contribution in [0, 0.1) is 0 Å². The molecule has 78 valence electrons. The standard InChI is InChI=1S/C8H8F3NO2/c9-8(10,11)7(12)5-2-1-4(13)3-6(5)14/h1-3,7,13-14H,12H2/t7-/m0/s1. The van der Waals surface area contributed by atoms with Crippen LogP contribution in [0.1, 0.15) is 11.6 Å². The van der Waals surface area contributed by atoms with Crippen LogP contribution >= 0.6 is 0 Å². The van der Waals surface area contributed by atoms with Gasteiger partial charge in [-0.25, -0.2) is 0 Å². The van der Waals surface area contributed by atoms with E-state index in [1.807, 2.05) is 0 Å². The highest BCUT2D eigenvalue weighted by Gasteiger charge is 2.39. The van der Waals surface area contributed by atoms with E-state index < -0.39 is 23.5 Å². The SMILES string of the molecule is N[C@@H](c1ccc(O)cc1O)C(F)(F)F. The van der Waals surface area contributed by atoms with Gasteiger partial charge in [0.25, 0.3) is 0 Å². The zero-order valence-corrected chi connectivity index (χ0v) is 6.92. The Morgan fingerprint density at radius 3 is 2.21 bits per heavy atom. The lowest BCUT2D eigenvalue weighted by Gasteiger charge is -2.16. The van der Waals surface area contributed by atoms with Gasteiger partial charge in [0.05, 0.1) is 0 Å². The highest BCUT2D eigenvalue weighted by atomic mass is 19.4. The topological polar surface area (TPSA) is 66.5 Å². The first-order valence-corrected chi connectivity index (χ1v) is 3.66. The first-order chi connectivity index (χ1) is 6.32. The number of phenolic OH excluding ortho intramolecular Hbond substituents is 2. The molecule has 0 saturated carbocycles. The Labute approximate surface area is 77.6 Å². The van der Waals surface area contributed by atoms with Crippen molar-refractivity contribution < 1.29 is 23.4 Å². The minimum absolute atomic E-state index is 0.319. The molecule has 0 aliphatic carbocycles. The summed E-state index contributed by atoms with van der Waals surface area (Å²) in [4.78, 5) is 0. The normalized spacial score (nSPS) is 14.0. The fourth-order valence-electron chi connectivity index (χ4n) is 0.971. The molecule has 0 unspecified atom stereocenters. The summed E-state index contributed by atoms with van der Waals surface area (Å²) in [5.74, 6) is -0.990. The molecule has 6 heteroatoms. The molecule has 0 saturated heterocycles. The second kappa shape index (κ2) is 3.38. The number of halogens is 3. The molecule has 0 aliphatic heterocycles. The fraction of sp³-hybridized carbons (Fsp3) is 0.250. The average molecular weight is 207 g/mol. The molecule has 4 N–H and O–H groups in total. The van der Waals surface area contributed by atoms with Crippen molar-refractivity contribution in [2.45, 2.75) is 12.2 Å². The lowest BCUT2D eigenvalue weighted by molar-refractivity contribution is -0.149. The summed E-state index contributed by atoms with van der Waals surface area (Å²) in [7, 11) is 0. The van der Waals surface area contributed by atoms with E-state index in [2.05, 4.69) is 0 Å². The molecule has 3 nitrogen and oxygen atoms in total. The summed E-state index contributed by atoms with van der Waals surface area (Å²) in [5.41, 5.74) is 4.39. The van der Waals surface area contributed by atoms with Crippen LogP contribution in [0.2, 0.25) is 0 Å². The van der Waals surface area contributed by atoms with Crippen LogP contribution in [0.15, 0.2) is 18.2 Å². The molecule has 14 heavy (non-hydrogen) atoms. The Hall–Kier alpha value is -1.43. The van der Waals surface area contributed by atoms with Crippen molar-refractivity contribution in [2.24, 2.45) is 5.73 Å². The Morgan fingerprint density at radius 2 is 1.79 bits per heavy atom. The zero-order valence-electron chi connectivity index (χ0n) is 6.92. The van der Waals surface area contributed by atoms with Gasteiger partial charge < -0.3 is 15.9 Å². The molecule has 0 spiro atoms. The third-order valence-electron chi connectivity index (χ3n) is 1.70. The lowest BCUT2D eigenvalue weighted by atomic mass is 10.1. The summed E-state index contributed by atoms with van der Waals surface area (Å²) in [6.45, 7) is 0. The summed E-state index contributed by atoms with van der Waals surface area (Å²) in [5, 5.41) is 17.9. The molecule has 0 amide bonds. The maximum absolute atomic E-state index is 12.1. The van der Waals surface area contributed by atoms with Gasteiger partial charge in [0.1, 0.15) is 17.5 Å². The Balaban J connectivity index is 3.08. The van der Waals surface area contributed by atoms with Crippen LogP contribution in [-0.2, 0) is 0 Å². The van der Waals surface area contributed by atoms with E-state index in [9.17, 15) is 13.2 Å². The van der Waals surface area contributed by atoms with E-state index in [0.717, 1.165) is 18.2 Å². The number of nitrogens with two attached hydrogens (primary N) is 1. The highest BCUT2D eigenvalue weighted by Crippen LogP contribution is 2.36. The molecule has 0 radical (unpaired) electrons.